The van der Waals surface area contributed by atoms with Gasteiger partial charge in [-0.3, -0.25) is 9.59 Å². The lowest BCUT2D eigenvalue weighted by molar-refractivity contribution is -0.249. The molecule has 9 atom stereocenters. The monoisotopic (exact) mass is 407 g/mol. The summed E-state index contributed by atoms with van der Waals surface area (Å²) in [6.45, 7) is 1.87. The second-order valence-corrected chi connectivity index (χ2v) is 7.01. The molecule has 2 aliphatic rings. The summed E-state index contributed by atoms with van der Waals surface area (Å²) in [5.41, 5.74) is -1.99. The summed E-state index contributed by atoms with van der Waals surface area (Å²) in [4.78, 5) is 23.5. The number of rotatable bonds is 5. The molecule has 2 heterocycles. The summed E-state index contributed by atoms with van der Waals surface area (Å²) in [7, 11) is 0. The Bertz CT molecular complexity index is 578. The fraction of sp³-hybridized carbons (Fsp3) is 0.812. The van der Waals surface area contributed by atoms with Crippen molar-refractivity contribution in [1.29, 1.82) is 0 Å². The van der Waals surface area contributed by atoms with Crippen molar-refractivity contribution in [2.24, 2.45) is 0 Å². The molecule has 2 saturated heterocycles. The zero-order chi connectivity index (χ0) is 21.2. The van der Waals surface area contributed by atoms with Gasteiger partial charge in [-0.2, -0.15) is 0 Å². The van der Waals surface area contributed by atoms with Gasteiger partial charge in [0.2, 0.25) is 11.8 Å². The van der Waals surface area contributed by atoms with Gasteiger partial charge in [0.1, 0.15) is 54.9 Å². The number of hydrogen-bond donors (Lipinski definition) is 8. The van der Waals surface area contributed by atoms with Crippen LogP contribution in [0.1, 0.15) is 13.8 Å². The Balaban J connectivity index is 2.51. The molecule has 12 nitrogen and oxygen atoms in total. The van der Waals surface area contributed by atoms with Crippen molar-refractivity contribution in [3.63, 3.8) is 0 Å². The summed E-state index contributed by atoms with van der Waals surface area (Å²) in [6.07, 6.45) is -10.6. The number of nitrogens with one attached hydrogen (secondary N) is 2. The zero-order valence-electron chi connectivity index (χ0n) is 15.4. The lowest BCUT2D eigenvalue weighted by Crippen LogP contribution is -2.79. The highest BCUT2D eigenvalue weighted by molar-refractivity contribution is 5.75. The van der Waals surface area contributed by atoms with E-state index in [1.54, 1.807) is 0 Å². The highest BCUT2D eigenvalue weighted by Gasteiger charge is 2.61. The van der Waals surface area contributed by atoms with E-state index in [0.29, 0.717) is 0 Å². The smallest absolute Gasteiger partial charge is 0.217 e. The molecule has 2 amide bonds. The molecule has 0 bridgehead atoms. The van der Waals surface area contributed by atoms with Crippen LogP contribution in [-0.4, -0.2) is 110 Å². The van der Waals surface area contributed by atoms with Crippen LogP contribution < -0.4 is 10.6 Å². The average Bonchev–Trinajstić information content (AvgIpc) is 2.63. The maximum Gasteiger partial charge on any atom is 0.217 e. The molecular weight excluding hydrogens is 380 g/mol. The van der Waals surface area contributed by atoms with Gasteiger partial charge in [-0.25, -0.2) is 0 Å². The molecule has 28 heavy (non-hydrogen) atoms. The van der Waals surface area contributed by atoms with E-state index in [0.717, 1.165) is 20.5 Å². The maximum atomic E-state index is 11.9. The van der Waals surface area contributed by atoms with Gasteiger partial charge in [0.15, 0.2) is 0 Å². The first-order valence-electron chi connectivity index (χ1n) is 8.74. The van der Waals surface area contributed by atoms with E-state index >= 15 is 0 Å². The van der Waals surface area contributed by atoms with E-state index in [1.807, 2.05) is 0 Å². The molecule has 12 heteroatoms. The number of carbonyl (C=O) groups is 2. The van der Waals surface area contributed by atoms with Crippen LogP contribution in [0.15, 0.2) is 0 Å². The Morgan fingerprint density at radius 2 is 1.57 bits per heavy atom. The van der Waals surface area contributed by atoms with E-state index in [2.05, 4.69) is 10.6 Å². The second kappa shape index (κ2) is 8.97. The van der Waals surface area contributed by atoms with Crippen molar-refractivity contribution >= 4 is 11.8 Å². The molecular formula is C16H27N2O10. The van der Waals surface area contributed by atoms with Crippen LogP contribution in [0.3, 0.4) is 0 Å². The first-order valence-corrected chi connectivity index (χ1v) is 8.74. The van der Waals surface area contributed by atoms with Crippen molar-refractivity contribution < 1.29 is 49.7 Å². The fourth-order valence-electron chi connectivity index (χ4n) is 3.62. The van der Waals surface area contributed by atoms with Crippen molar-refractivity contribution in [2.75, 3.05) is 13.2 Å². The lowest BCUT2D eigenvalue weighted by Gasteiger charge is -2.55. The third-order valence-corrected chi connectivity index (χ3v) is 4.97. The molecule has 0 aromatic heterocycles. The van der Waals surface area contributed by atoms with Crippen LogP contribution in [0.2, 0.25) is 0 Å². The molecule has 8 N–H and O–H groups in total. The van der Waals surface area contributed by atoms with E-state index in [4.69, 9.17) is 9.47 Å². The van der Waals surface area contributed by atoms with Gasteiger partial charge in [0.25, 0.3) is 0 Å². The molecule has 1 unspecified atom stereocenters. The highest BCUT2D eigenvalue weighted by Crippen LogP contribution is 2.37. The fourth-order valence-corrected chi connectivity index (χ4v) is 3.62. The third kappa shape index (κ3) is 4.14. The molecule has 161 valence electrons. The Morgan fingerprint density at radius 1 is 0.964 bits per heavy atom. The predicted octanol–water partition coefficient (Wildman–Crippen LogP) is -4.88. The van der Waals surface area contributed by atoms with E-state index in [-0.39, 0.29) is 0 Å². The van der Waals surface area contributed by atoms with Gasteiger partial charge in [-0.15, -0.1) is 0 Å². The summed E-state index contributed by atoms with van der Waals surface area (Å²) in [5.74, 6) is -1.27. The number of amides is 2. The molecule has 0 spiro atoms. The van der Waals surface area contributed by atoms with Crippen LogP contribution in [-0.2, 0) is 19.1 Å². The second-order valence-electron chi connectivity index (χ2n) is 7.01. The minimum atomic E-state index is -1.99. The Labute approximate surface area is 161 Å². The maximum absolute atomic E-state index is 11.9. The van der Waals surface area contributed by atoms with E-state index < -0.39 is 79.3 Å². The normalized spacial score (nSPS) is 44.0. The third-order valence-electron chi connectivity index (χ3n) is 4.97. The molecule has 0 aromatic rings. The van der Waals surface area contributed by atoms with Gasteiger partial charge in [-0.05, 0) is 0 Å². The minimum Gasteiger partial charge on any atom is -0.394 e. The molecule has 1 radical (unpaired) electrons. The predicted molar refractivity (Wildman–Crippen MR) is 90.2 cm³/mol. The topological polar surface area (TPSA) is 198 Å². The summed E-state index contributed by atoms with van der Waals surface area (Å²) in [5, 5.41) is 65.2. The summed E-state index contributed by atoms with van der Waals surface area (Å²) >= 11 is 0. The largest absolute Gasteiger partial charge is 0.394 e. The van der Waals surface area contributed by atoms with Gasteiger partial charge < -0.3 is 50.7 Å². The lowest BCUT2D eigenvalue weighted by atomic mass is 9.74. The van der Waals surface area contributed by atoms with Crippen LogP contribution >= 0.6 is 0 Å². The first-order chi connectivity index (χ1) is 13.1. The number of hydrogen-bond acceptors (Lipinski definition) is 10. The quantitative estimate of drug-likeness (QED) is 0.219. The van der Waals surface area contributed by atoms with Gasteiger partial charge in [-0.1, -0.05) is 0 Å². The average molecular weight is 407 g/mol. The van der Waals surface area contributed by atoms with Crippen LogP contribution in [0.5, 0.6) is 0 Å². The Morgan fingerprint density at radius 3 is 2.07 bits per heavy atom. The SMILES string of the molecule is CC(=O)N[C@H]1C([C@]2(NC(C)=O)[CH]O[C@H](CO)[C@H](O)[C@@H]2O)O[C@H](CO)[C@H](O)[C@@H]1O. The van der Waals surface area contributed by atoms with Crippen molar-refractivity contribution in [3.8, 4) is 0 Å². The van der Waals surface area contributed by atoms with Crippen LogP contribution in [0.25, 0.3) is 0 Å². The van der Waals surface area contributed by atoms with E-state index in [9.17, 15) is 40.2 Å². The van der Waals surface area contributed by atoms with Gasteiger partial charge in [0, 0.05) is 13.8 Å². The molecule has 0 aliphatic carbocycles. The minimum absolute atomic E-state index is 0.606. The van der Waals surface area contributed by atoms with E-state index in [1.165, 1.54) is 0 Å². The number of ether oxygens (including phenoxy) is 2. The number of aliphatic hydroxyl groups is 6. The molecule has 2 aliphatic heterocycles. The van der Waals surface area contributed by atoms with Gasteiger partial charge in [0.05, 0.1) is 19.3 Å². The molecule has 2 fully saturated rings. The van der Waals surface area contributed by atoms with Crippen LogP contribution in [0.4, 0.5) is 0 Å². The van der Waals surface area contributed by atoms with Crippen molar-refractivity contribution in [3.05, 3.63) is 6.61 Å². The van der Waals surface area contributed by atoms with Crippen molar-refractivity contribution in [2.45, 2.75) is 68.2 Å². The molecule has 0 aromatic carbocycles. The van der Waals surface area contributed by atoms with Crippen molar-refractivity contribution in [1.82, 2.24) is 10.6 Å². The standard InChI is InChI=1S/C16H27N2O10/c1-6(21)17-10-13(25)11(23)9(4-20)28-15(10)16(18-7(2)22)5-27-8(3-19)12(24)14(16)26/h5,8-15,19-20,23-26H,3-4H2,1-2H3,(H,17,21)(H,18,22)/t8-,9-,10-,11+,12+,13-,14+,15?,16+/m1/s1. The number of aliphatic hydroxyl groups excluding tert-OH is 6. The highest BCUT2D eigenvalue weighted by atomic mass is 16.5. The number of carbonyl (C=O) groups excluding carboxylic acids is 2. The zero-order valence-corrected chi connectivity index (χ0v) is 15.4. The molecule has 2 rings (SSSR count). The first kappa shape index (κ1) is 22.9. The van der Waals surface area contributed by atoms with Gasteiger partial charge >= 0.3 is 0 Å². The Kier molecular flexibility index (Phi) is 7.33. The Hall–Kier alpha value is -1.38. The van der Waals surface area contributed by atoms with Crippen LogP contribution in [0, 0.1) is 6.61 Å². The summed E-state index contributed by atoms with van der Waals surface area (Å²) in [6, 6.07) is -1.35. The molecule has 0 saturated carbocycles. The summed E-state index contributed by atoms with van der Waals surface area (Å²) < 4.78 is 10.9.